The summed E-state index contributed by atoms with van der Waals surface area (Å²) in [6, 6.07) is 16.8. The van der Waals surface area contributed by atoms with E-state index in [2.05, 4.69) is 10.2 Å². The fourth-order valence-electron chi connectivity index (χ4n) is 2.19. The van der Waals surface area contributed by atoms with Crippen LogP contribution >= 0.6 is 11.8 Å². The van der Waals surface area contributed by atoms with Crippen molar-refractivity contribution in [2.24, 2.45) is 0 Å². The van der Waals surface area contributed by atoms with E-state index in [4.69, 9.17) is 4.74 Å². The van der Waals surface area contributed by atoms with E-state index in [1.807, 2.05) is 36.4 Å². The van der Waals surface area contributed by atoms with Gasteiger partial charge >= 0.3 is 0 Å². The number of carbonyl (C=O) groups excluding carboxylic acids is 1. The number of ketones is 1. The van der Waals surface area contributed by atoms with Crippen molar-refractivity contribution in [2.45, 2.75) is 5.03 Å². The molecule has 0 saturated carbocycles. The van der Waals surface area contributed by atoms with Gasteiger partial charge in [-0.2, -0.15) is 0 Å². The van der Waals surface area contributed by atoms with Crippen LogP contribution in [0.5, 0.6) is 5.75 Å². The second kappa shape index (κ2) is 7.90. The molecule has 0 aliphatic rings. The first-order chi connectivity index (χ1) is 12.2. The molecule has 0 unspecified atom stereocenters. The first-order valence-electron chi connectivity index (χ1n) is 7.55. The number of ether oxygens (including phenoxy) is 1. The number of rotatable bonds is 6. The quantitative estimate of drug-likeness (QED) is 0.489. The van der Waals surface area contributed by atoms with Crippen molar-refractivity contribution in [3.8, 4) is 17.0 Å². The molecule has 0 aliphatic heterocycles. The van der Waals surface area contributed by atoms with E-state index in [-0.39, 0.29) is 17.4 Å². The molecule has 3 rings (SSSR count). The van der Waals surface area contributed by atoms with E-state index in [1.54, 1.807) is 7.11 Å². The molecule has 0 bridgehead atoms. The van der Waals surface area contributed by atoms with Gasteiger partial charge in [0, 0.05) is 11.1 Å². The predicted octanol–water partition coefficient (Wildman–Crippen LogP) is 4.27. The van der Waals surface area contributed by atoms with Crippen LogP contribution in [0.25, 0.3) is 11.3 Å². The maximum atomic E-state index is 12.9. The van der Waals surface area contributed by atoms with Crippen LogP contribution in [0.2, 0.25) is 0 Å². The Bertz CT molecular complexity index is 867. The third kappa shape index (κ3) is 4.42. The van der Waals surface area contributed by atoms with E-state index in [0.29, 0.717) is 10.6 Å². The lowest BCUT2D eigenvalue weighted by Crippen LogP contribution is -2.02. The summed E-state index contributed by atoms with van der Waals surface area (Å²) in [6.07, 6.45) is 0. The molecule has 0 atom stereocenters. The molecular formula is C19H15FN2O2S. The Labute approximate surface area is 149 Å². The minimum absolute atomic E-state index is 0.0799. The lowest BCUT2D eigenvalue weighted by molar-refractivity contribution is 0.102. The minimum atomic E-state index is -0.358. The highest BCUT2D eigenvalue weighted by molar-refractivity contribution is 7.99. The van der Waals surface area contributed by atoms with Crippen LogP contribution in [0, 0.1) is 5.82 Å². The molecule has 4 nitrogen and oxygen atoms in total. The normalized spacial score (nSPS) is 10.5. The smallest absolute Gasteiger partial charge is 0.173 e. The molecule has 0 aliphatic carbocycles. The Kier molecular flexibility index (Phi) is 5.40. The topological polar surface area (TPSA) is 52.1 Å². The number of halogens is 1. The van der Waals surface area contributed by atoms with E-state index < -0.39 is 0 Å². The standard InChI is InChI=1S/C19H15FN2O2S/c1-24-16-4-2-3-14(11-16)17-9-10-19(22-21-17)25-12-18(23)13-5-7-15(20)8-6-13/h2-11H,12H2,1H3. The zero-order chi connectivity index (χ0) is 17.6. The number of hydrogen-bond acceptors (Lipinski definition) is 5. The Hall–Kier alpha value is -2.73. The maximum absolute atomic E-state index is 12.9. The maximum Gasteiger partial charge on any atom is 0.173 e. The molecule has 0 spiro atoms. The molecule has 0 radical (unpaired) electrons. The Morgan fingerprint density at radius 2 is 1.88 bits per heavy atom. The van der Waals surface area contributed by atoms with Crippen LogP contribution in [-0.2, 0) is 0 Å². The van der Waals surface area contributed by atoms with Crippen molar-refractivity contribution in [2.75, 3.05) is 12.9 Å². The number of carbonyl (C=O) groups is 1. The molecule has 126 valence electrons. The summed E-state index contributed by atoms with van der Waals surface area (Å²) in [5, 5.41) is 9.00. The van der Waals surface area contributed by atoms with Crippen LogP contribution in [-0.4, -0.2) is 28.8 Å². The molecule has 2 aromatic carbocycles. The molecule has 3 aromatic rings. The summed E-state index contributed by atoms with van der Waals surface area (Å²) in [5.74, 6) is 0.535. The number of benzene rings is 2. The zero-order valence-electron chi connectivity index (χ0n) is 13.5. The number of aromatic nitrogens is 2. The largest absolute Gasteiger partial charge is 0.497 e. The van der Waals surface area contributed by atoms with E-state index in [9.17, 15) is 9.18 Å². The molecule has 0 amide bonds. The summed E-state index contributed by atoms with van der Waals surface area (Å²) in [7, 11) is 1.61. The van der Waals surface area contributed by atoms with Crippen LogP contribution in [0.4, 0.5) is 4.39 Å². The molecule has 6 heteroatoms. The average molecular weight is 354 g/mol. The molecule has 25 heavy (non-hydrogen) atoms. The molecular weight excluding hydrogens is 339 g/mol. The number of methoxy groups -OCH3 is 1. The first kappa shape index (κ1) is 17.1. The number of nitrogens with zero attached hydrogens (tertiary/aromatic N) is 2. The van der Waals surface area contributed by atoms with E-state index in [1.165, 1.54) is 36.0 Å². The van der Waals surface area contributed by atoms with Gasteiger partial charge < -0.3 is 4.74 Å². The highest BCUT2D eigenvalue weighted by Crippen LogP contribution is 2.23. The second-order valence-electron chi connectivity index (χ2n) is 5.21. The molecule has 0 fully saturated rings. The van der Waals surface area contributed by atoms with Crippen LogP contribution in [0.1, 0.15) is 10.4 Å². The summed E-state index contributed by atoms with van der Waals surface area (Å²) >= 11 is 1.30. The van der Waals surface area contributed by atoms with Crippen LogP contribution in [0.15, 0.2) is 65.7 Å². The van der Waals surface area contributed by atoms with Gasteiger partial charge in [0.25, 0.3) is 0 Å². The molecule has 0 saturated heterocycles. The third-order valence-corrected chi connectivity index (χ3v) is 4.44. The fourth-order valence-corrected chi connectivity index (χ4v) is 2.90. The van der Waals surface area contributed by atoms with Crippen molar-refractivity contribution < 1.29 is 13.9 Å². The van der Waals surface area contributed by atoms with E-state index >= 15 is 0 Å². The van der Waals surface area contributed by atoms with Crippen LogP contribution < -0.4 is 4.74 Å². The Morgan fingerprint density at radius 3 is 2.56 bits per heavy atom. The highest BCUT2D eigenvalue weighted by Gasteiger charge is 2.08. The van der Waals surface area contributed by atoms with Gasteiger partial charge in [-0.1, -0.05) is 23.9 Å². The number of Topliss-reactive ketones (excluding diaryl/α,β-unsaturated/α-hetero) is 1. The lowest BCUT2D eigenvalue weighted by atomic mass is 10.1. The van der Waals surface area contributed by atoms with Gasteiger partial charge in [-0.3, -0.25) is 4.79 Å². The first-order valence-corrected chi connectivity index (χ1v) is 8.54. The van der Waals surface area contributed by atoms with Gasteiger partial charge in [-0.15, -0.1) is 10.2 Å². The van der Waals surface area contributed by atoms with Gasteiger partial charge in [-0.25, -0.2) is 4.39 Å². The Morgan fingerprint density at radius 1 is 1.08 bits per heavy atom. The lowest BCUT2D eigenvalue weighted by Gasteiger charge is -2.04. The highest BCUT2D eigenvalue weighted by atomic mass is 32.2. The van der Waals surface area contributed by atoms with Crippen LogP contribution in [0.3, 0.4) is 0 Å². The minimum Gasteiger partial charge on any atom is -0.497 e. The molecule has 0 N–H and O–H groups in total. The summed E-state index contributed by atoms with van der Waals surface area (Å²) in [5.41, 5.74) is 2.12. The van der Waals surface area contributed by atoms with Crippen molar-refractivity contribution in [1.82, 2.24) is 10.2 Å². The van der Waals surface area contributed by atoms with Gasteiger partial charge in [0.2, 0.25) is 0 Å². The summed E-state index contributed by atoms with van der Waals surface area (Å²) in [6.45, 7) is 0. The van der Waals surface area contributed by atoms with Gasteiger partial charge in [-0.05, 0) is 48.5 Å². The number of thioether (sulfide) groups is 1. The number of hydrogen-bond donors (Lipinski definition) is 0. The van der Waals surface area contributed by atoms with Gasteiger partial charge in [0.1, 0.15) is 16.6 Å². The second-order valence-corrected chi connectivity index (χ2v) is 6.20. The van der Waals surface area contributed by atoms with Crippen molar-refractivity contribution in [3.63, 3.8) is 0 Å². The summed E-state index contributed by atoms with van der Waals surface area (Å²) < 4.78 is 18.1. The predicted molar refractivity (Wildman–Crippen MR) is 95.5 cm³/mol. The summed E-state index contributed by atoms with van der Waals surface area (Å²) in [4.78, 5) is 12.1. The van der Waals surface area contributed by atoms with Crippen molar-refractivity contribution in [1.29, 1.82) is 0 Å². The van der Waals surface area contributed by atoms with Gasteiger partial charge in [0.15, 0.2) is 5.78 Å². The average Bonchev–Trinajstić information content (AvgIpc) is 2.67. The molecule has 1 heterocycles. The zero-order valence-corrected chi connectivity index (χ0v) is 14.3. The SMILES string of the molecule is COc1cccc(-c2ccc(SCC(=O)c3ccc(F)cc3)nn2)c1. The van der Waals surface area contributed by atoms with Crippen molar-refractivity contribution >= 4 is 17.5 Å². The van der Waals surface area contributed by atoms with Crippen molar-refractivity contribution in [3.05, 3.63) is 72.0 Å². The Balaban J connectivity index is 1.64. The third-order valence-electron chi connectivity index (χ3n) is 3.52. The monoisotopic (exact) mass is 354 g/mol. The molecule has 1 aromatic heterocycles. The fraction of sp³-hybridized carbons (Fsp3) is 0.105. The van der Waals surface area contributed by atoms with E-state index in [0.717, 1.165) is 17.0 Å². The van der Waals surface area contributed by atoms with Gasteiger partial charge in [0.05, 0.1) is 18.6 Å².